The van der Waals surface area contributed by atoms with Crippen LogP contribution in [-0.4, -0.2) is 48.2 Å². The van der Waals surface area contributed by atoms with Crippen molar-refractivity contribution >= 4 is 5.97 Å². The summed E-state index contributed by atoms with van der Waals surface area (Å²) in [6.07, 6.45) is 6.81. The molecule has 0 heterocycles. The summed E-state index contributed by atoms with van der Waals surface area (Å²) in [7, 11) is 0. The molecule has 0 aromatic rings. The Balaban J connectivity index is 2.03. The summed E-state index contributed by atoms with van der Waals surface area (Å²) in [6.45, 7) is 8.66. The molecule has 2 saturated carbocycles. The van der Waals surface area contributed by atoms with E-state index < -0.39 is 5.54 Å². The standard InChI is InChI=1S/C16H30N2O2/c1-4-11-18(13-7-8-13)14-9-10-16(12-14,17-5-2)15(19)20-6-3/h13-14,17H,4-12H2,1-3H3. The molecule has 2 unspecified atom stereocenters. The van der Waals surface area contributed by atoms with Crippen molar-refractivity contribution in [1.29, 1.82) is 0 Å². The minimum Gasteiger partial charge on any atom is -0.465 e. The molecule has 4 nitrogen and oxygen atoms in total. The van der Waals surface area contributed by atoms with Crippen LogP contribution in [0.2, 0.25) is 0 Å². The number of nitrogens with zero attached hydrogens (tertiary/aromatic N) is 1. The highest BCUT2D eigenvalue weighted by Crippen LogP contribution is 2.39. The Morgan fingerprint density at radius 2 is 2.00 bits per heavy atom. The van der Waals surface area contributed by atoms with Gasteiger partial charge in [0.25, 0.3) is 0 Å². The van der Waals surface area contributed by atoms with Gasteiger partial charge in [0.2, 0.25) is 0 Å². The smallest absolute Gasteiger partial charge is 0.326 e. The Kier molecular flexibility index (Phi) is 5.44. The molecular formula is C16H30N2O2. The number of hydrogen-bond acceptors (Lipinski definition) is 4. The SMILES string of the molecule is CCCN(C1CC1)C1CCC(NCC)(C(=O)OCC)C1. The minimum atomic E-state index is -0.434. The van der Waals surface area contributed by atoms with Gasteiger partial charge in [-0.15, -0.1) is 0 Å². The van der Waals surface area contributed by atoms with Gasteiger partial charge in [-0.05, 0) is 58.5 Å². The van der Waals surface area contributed by atoms with E-state index in [0.29, 0.717) is 12.6 Å². The van der Waals surface area contributed by atoms with E-state index in [4.69, 9.17) is 4.74 Å². The molecule has 20 heavy (non-hydrogen) atoms. The number of carbonyl (C=O) groups excluding carboxylic acids is 1. The second-order valence-corrected chi connectivity index (χ2v) is 6.20. The van der Waals surface area contributed by atoms with E-state index in [2.05, 4.69) is 24.1 Å². The van der Waals surface area contributed by atoms with Crippen molar-refractivity contribution < 1.29 is 9.53 Å². The van der Waals surface area contributed by atoms with Crippen LogP contribution in [0.5, 0.6) is 0 Å². The highest BCUT2D eigenvalue weighted by atomic mass is 16.5. The Morgan fingerprint density at radius 1 is 1.25 bits per heavy atom. The number of nitrogens with one attached hydrogen (secondary N) is 1. The maximum atomic E-state index is 12.4. The Bertz CT molecular complexity index is 330. The van der Waals surface area contributed by atoms with E-state index in [0.717, 1.165) is 31.8 Å². The first-order valence-electron chi connectivity index (χ1n) is 8.34. The van der Waals surface area contributed by atoms with E-state index in [9.17, 15) is 4.79 Å². The molecule has 0 aliphatic heterocycles. The third-order valence-electron chi connectivity index (χ3n) is 4.64. The lowest BCUT2D eigenvalue weighted by Crippen LogP contribution is -2.52. The third-order valence-corrected chi connectivity index (χ3v) is 4.64. The summed E-state index contributed by atoms with van der Waals surface area (Å²) < 4.78 is 5.33. The second kappa shape index (κ2) is 6.90. The lowest BCUT2D eigenvalue weighted by molar-refractivity contribution is -0.151. The highest BCUT2D eigenvalue weighted by Gasteiger charge is 2.49. The van der Waals surface area contributed by atoms with Gasteiger partial charge in [-0.3, -0.25) is 9.69 Å². The average Bonchev–Trinajstić information content (AvgIpc) is 3.18. The molecule has 0 spiro atoms. The topological polar surface area (TPSA) is 41.6 Å². The molecule has 0 amide bonds. The summed E-state index contributed by atoms with van der Waals surface area (Å²) in [6, 6.07) is 1.32. The van der Waals surface area contributed by atoms with Crippen LogP contribution < -0.4 is 5.32 Å². The van der Waals surface area contributed by atoms with Crippen molar-refractivity contribution in [2.24, 2.45) is 0 Å². The van der Waals surface area contributed by atoms with Crippen LogP contribution in [0.4, 0.5) is 0 Å². The molecule has 2 rings (SSSR count). The van der Waals surface area contributed by atoms with Crippen LogP contribution in [0, 0.1) is 0 Å². The summed E-state index contributed by atoms with van der Waals surface area (Å²) in [5, 5.41) is 3.43. The molecule has 2 aliphatic carbocycles. The first-order chi connectivity index (χ1) is 9.66. The number of esters is 1. The molecule has 0 radical (unpaired) electrons. The van der Waals surface area contributed by atoms with E-state index in [1.54, 1.807) is 0 Å². The van der Waals surface area contributed by atoms with Gasteiger partial charge in [0.1, 0.15) is 5.54 Å². The molecule has 1 N–H and O–H groups in total. The molecule has 0 aromatic heterocycles. The zero-order valence-electron chi connectivity index (χ0n) is 13.3. The van der Waals surface area contributed by atoms with Gasteiger partial charge in [-0.25, -0.2) is 0 Å². The van der Waals surface area contributed by atoms with Gasteiger partial charge in [0.15, 0.2) is 0 Å². The van der Waals surface area contributed by atoms with Crippen molar-refractivity contribution in [1.82, 2.24) is 10.2 Å². The van der Waals surface area contributed by atoms with Crippen molar-refractivity contribution in [3.8, 4) is 0 Å². The maximum Gasteiger partial charge on any atom is 0.326 e. The van der Waals surface area contributed by atoms with Crippen LogP contribution in [0.15, 0.2) is 0 Å². The van der Waals surface area contributed by atoms with Crippen molar-refractivity contribution in [3.05, 3.63) is 0 Å². The van der Waals surface area contributed by atoms with Crippen LogP contribution >= 0.6 is 0 Å². The molecule has 0 saturated heterocycles. The van der Waals surface area contributed by atoms with Crippen molar-refractivity contribution in [2.75, 3.05) is 19.7 Å². The summed E-state index contributed by atoms with van der Waals surface area (Å²) in [5.74, 6) is -0.0448. The number of likely N-dealkylation sites (N-methyl/N-ethyl adjacent to an activating group) is 1. The quantitative estimate of drug-likeness (QED) is 0.694. The molecular weight excluding hydrogens is 252 g/mol. The Hall–Kier alpha value is -0.610. The summed E-state index contributed by atoms with van der Waals surface area (Å²) in [4.78, 5) is 15.0. The zero-order valence-corrected chi connectivity index (χ0v) is 13.3. The minimum absolute atomic E-state index is 0.0448. The fourth-order valence-corrected chi connectivity index (χ4v) is 3.66. The van der Waals surface area contributed by atoms with E-state index >= 15 is 0 Å². The van der Waals surface area contributed by atoms with Gasteiger partial charge in [0, 0.05) is 12.1 Å². The molecule has 0 bridgehead atoms. The number of rotatable bonds is 8. The monoisotopic (exact) mass is 282 g/mol. The van der Waals surface area contributed by atoms with Gasteiger partial charge in [-0.2, -0.15) is 0 Å². The highest BCUT2D eigenvalue weighted by molar-refractivity contribution is 5.81. The van der Waals surface area contributed by atoms with E-state index in [1.807, 2.05) is 6.92 Å². The largest absolute Gasteiger partial charge is 0.465 e. The van der Waals surface area contributed by atoms with E-state index in [-0.39, 0.29) is 5.97 Å². The van der Waals surface area contributed by atoms with Crippen LogP contribution in [-0.2, 0) is 9.53 Å². The Labute approximate surface area is 123 Å². The van der Waals surface area contributed by atoms with Gasteiger partial charge < -0.3 is 10.1 Å². The number of ether oxygens (including phenoxy) is 1. The predicted molar refractivity (Wildman–Crippen MR) is 80.7 cm³/mol. The lowest BCUT2D eigenvalue weighted by atomic mass is 9.97. The first-order valence-corrected chi connectivity index (χ1v) is 8.34. The summed E-state index contributed by atoms with van der Waals surface area (Å²) >= 11 is 0. The first kappa shape index (κ1) is 15.8. The predicted octanol–water partition coefficient (Wildman–Crippen LogP) is 2.32. The molecule has 0 aromatic carbocycles. The van der Waals surface area contributed by atoms with Crippen molar-refractivity contribution in [2.45, 2.75) is 76.9 Å². The molecule has 2 aliphatic rings. The van der Waals surface area contributed by atoms with E-state index in [1.165, 1.54) is 25.8 Å². The van der Waals surface area contributed by atoms with Crippen molar-refractivity contribution in [3.63, 3.8) is 0 Å². The molecule has 2 atom stereocenters. The van der Waals surface area contributed by atoms with Gasteiger partial charge in [-0.1, -0.05) is 13.8 Å². The molecule has 116 valence electrons. The van der Waals surface area contributed by atoms with Crippen LogP contribution in [0.3, 0.4) is 0 Å². The second-order valence-electron chi connectivity index (χ2n) is 6.20. The Morgan fingerprint density at radius 3 is 2.55 bits per heavy atom. The lowest BCUT2D eigenvalue weighted by Gasteiger charge is -2.32. The average molecular weight is 282 g/mol. The number of carbonyl (C=O) groups is 1. The number of hydrogen-bond donors (Lipinski definition) is 1. The third kappa shape index (κ3) is 3.34. The molecule has 2 fully saturated rings. The maximum absolute atomic E-state index is 12.4. The van der Waals surface area contributed by atoms with Gasteiger partial charge in [0.05, 0.1) is 6.61 Å². The normalized spacial score (nSPS) is 29.9. The fourth-order valence-electron chi connectivity index (χ4n) is 3.66. The zero-order chi connectivity index (χ0) is 14.6. The summed E-state index contributed by atoms with van der Waals surface area (Å²) in [5.41, 5.74) is -0.434. The molecule has 4 heteroatoms. The fraction of sp³-hybridized carbons (Fsp3) is 0.938. The van der Waals surface area contributed by atoms with Crippen LogP contribution in [0.25, 0.3) is 0 Å². The van der Waals surface area contributed by atoms with Gasteiger partial charge >= 0.3 is 5.97 Å². The van der Waals surface area contributed by atoms with Crippen LogP contribution in [0.1, 0.15) is 59.3 Å².